The zero-order chi connectivity index (χ0) is 14.6. The lowest BCUT2D eigenvalue weighted by Crippen LogP contribution is -2.38. The molecule has 19 heavy (non-hydrogen) atoms. The van der Waals surface area contributed by atoms with Gasteiger partial charge in [-0.25, -0.2) is 0 Å². The van der Waals surface area contributed by atoms with Gasteiger partial charge in [0, 0.05) is 24.8 Å². The van der Waals surface area contributed by atoms with Gasteiger partial charge in [-0.05, 0) is 32.0 Å². The van der Waals surface area contributed by atoms with Crippen LogP contribution in [0.1, 0.15) is 19.4 Å². The highest BCUT2D eigenvalue weighted by Crippen LogP contribution is 2.21. The van der Waals surface area contributed by atoms with E-state index in [1.165, 1.54) is 0 Å². The van der Waals surface area contributed by atoms with Crippen molar-refractivity contribution in [3.8, 4) is 0 Å². The summed E-state index contributed by atoms with van der Waals surface area (Å²) in [4.78, 5) is 13.8. The van der Waals surface area contributed by atoms with Gasteiger partial charge in [0.25, 0.3) is 0 Å². The summed E-state index contributed by atoms with van der Waals surface area (Å²) in [5.41, 5.74) is 6.93. The lowest BCUT2D eigenvalue weighted by Gasteiger charge is -2.21. The summed E-state index contributed by atoms with van der Waals surface area (Å²) in [6.07, 6.45) is 0. The fourth-order valence-electron chi connectivity index (χ4n) is 1.60. The number of thiocarbonyl (C=S) groups is 1. The van der Waals surface area contributed by atoms with Crippen LogP contribution in [-0.4, -0.2) is 35.4 Å². The molecule has 0 aliphatic carbocycles. The molecule has 1 rings (SSSR count). The number of halogens is 1. The van der Waals surface area contributed by atoms with E-state index in [0.29, 0.717) is 17.1 Å². The first-order chi connectivity index (χ1) is 8.86. The first kappa shape index (κ1) is 15.7. The van der Waals surface area contributed by atoms with E-state index in [1.54, 1.807) is 30.1 Å². The molecule has 0 aliphatic rings. The Morgan fingerprint density at radius 3 is 2.68 bits per heavy atom. The van der Waals surface area contributed by atoms with E-state index >= 15 is 0 Å². The fourth-order valence-corrected chi connectivity index (χ4v) is 2.12. The topological polar surface area (TPSA) is 58.4 Å². The minimum absolute atomic E-state index is 0.0250. The van der Waals surface area contributed by atoms with Crippen molar-refractivity contribution < 1.29 is 4.79 Å². The van der Waals surface area contributed by atoms with Gasteiger partial charge in [-0.1, -0.05) is 23.8 Å². The quantitative estimate of drug-likeness (QED) is 0.819. The fraction of sp³-hybridized carbons (Fsp3) is 0.385. The summed E-state index contributed by atoms with van der Waals surface area (Å²) >= 11 is 11.0. The second-order valence-electron chi connectivity index (χ2n) is 4.28. The molecule has 0 radical (unpaired) electrons. The number of likely N-dealkylation sites (N-methyl/N-ethyl adjacent to an activating group) is 1. The highest BCUT2D eigenvalue weighted by Gasteiger charge is 2.16. The molecule has 0 saturated carbocycles. The van der Waals surface area contributed by atoms with Gasteiger partial charge in [0.15, 0.2) is 0 Å². The van der Waals surface area contributed by atoms with Crippen molar-refractivity contribution in [2.45, 2.75) is 19.9 Å². The Bertz CT molecular complexity index is 493. The van der Waals surface area contributed by atoms with E-state index in [0.717, 1.165) is 5.69 Å². The van der Waals surface area contributed by atoms with Gasteiger partial charge in [-0.15, -0.1) is 0 Å². The van der Waals surface area contributed by atoms with Crippen LogP contribution in [0.15, 0.2) is 18.2 Å². The smallest absolute Gasteiger partial charge is 0.244 e. The number of carbonyl (C=O) groups excluding carboxylic acids is 1. The third-order valence-electron chi connectivity index (χ3n) is 2.84. The molecule has 3 N–H and O–H groups in total. The van der Waals surface area contributed by atoms with E-state index in [2.05, 4.69) is 5.32 Å². The lowest BCUT2D eigenvalue weighted by molar-refractivity contribution is -0.130. The average Bonchev–Trinajstić information content (AvgIpc) is 2.36. The maximum atomic E-state index is 11.9. The Hall–Kier alpha value is -1.33. The SMILES string of the molecule is CCN(C)C(=O)C(C)Nc1ccc(C(N)=S)c(Cl)c1. The number of nitrogens with two attached hydrogens (primary N) is 1. The molecule has 1 amide bonds. The van der Waals surface area contributed by atoms with Crippen LogP contribution in [0.3, 0.4) is 0 Å². The number of hydrogen-bond donors (Lipinski definition) is 2. The molecule has 0 spiro atoms. The van der Waals surface area contributed by atoms with E-state index in [-0.39, 0.29) is 16.9 Å². The first-order valence-electron chi connectivity index (χ1n) is 5.97. The van der Waals surface area contributed by atoms with Crippen molar-refractivity contribution >= 4 is 40.4 Å². The summed E-state index contributed by atoms with van der Waals surface area (Å²) in [6, 6.07) is 4.94. The summed E-state index contributed by atoms with van der Waals surface area (Å²) in [7, 11) is 1.77. The summed E-state index contributed by atoms with van der Waals surface area (Å²) in [5, 5.41) is 3.58. The van der Waals surface area contributed by atoms with Crippen molar-refractivity contribution in [1.82, 2.24) is 4.90 Å². The summed E-state index contributed by atoms with van der Waals surface area (Å²) in [5.74, 6) is 0.0250. The van der Waals surface area contributed by atoms with Gasteiger partial charge in [0.2, 0.25) is 5.91 Å². The molecule has 0 fully saturated rings. The molecule has 4 nitrogen and oxygen atoms in total. The summed E-state index contributed by atoms with van der Waals surface area (Å²) in [6.45, 7) is 4.41. The summed E-state index contributed by atoms with van der Waals surface area (Å²) < 4.78 is 0. The van der Waals surface area contributed by atoms with Crippen LogP contribution in [0, 0.1) is 0 Å². The van der Waals surface area contributed by atoms with Crippen molar-refractivity contribution in [3.63, 3.8) is 0 Å². The van der Waals surface area contributed by atoms with Crippen molar-refractivity contribution in [1.29, 1.82) is 0 Å². The maximum absolute atomic E-state index is 11.9. The van der Waals surface area contributed by atoms with Crippen molar-refractivity contribution in [2.24, 2.45) is 5.73 Å². The third kappa shape index (κ3) is 4.08. The number of nitrogens with zero attached hydrogens (tertiary/aromatic N) is 1. The molecule has 0 aliphatic heterocycles. The Labute approximate surface area is 123 Å². The minimum atomic E-state index is -0.323. The van der Waals surface area contributed by atoms with E-state index in [1.807, 2.05) is 13.8 Å². The van der Waals surface area contributed by atoms with Crippen molar-refractivity contribution in [2.75, 3.05) is 18.9 Å². The normalized spacial score (nSPS) is 11.8. The monoisotopic (exact) mass is 299 g/mol. The predicted octanol–water partition coefficient (Wildman–Crippen LogP) is 2.25. The number of rotatable bonds is 5. The second-order valence-corrected chi connectivity index (χ2v) is 5.12. The maximum Gasteiger partial charge on any atom is 0.244 e. The van der Waals surface area contributed by atoms with Gasteiger partial charge >= 0.3 is 0 Å². The van der Waals surface area contributed by atoms with Crippen LogP contribution < -0.4 is 11.1 Å². The van der Waals surface area contributed by atoms with E-state index in [9.17, 15) is 4.79 Å². The number of anilines is 1. The van der Waals surface area contributed by atoms with E-state index in [4.69, 9.17) is 29.6 Å². The number of carbonyl (C=O) groups is 1. The molecule has 1 aromatic carbocycles. The molecule has 0 saturated heterocycles. The molecule has 1 atom stereocenters. The molecule has 1 unspecified atom stereocenters. The Morgan fingerprint density at radius 2 is 2.21 bits per heavy atom. The molecular weight excluding hydrogens is 282 g/mol. The van der Waals surface area contributed by atoms with Crippen LogP contribution >= 0.6 is 23.8 Å². The highest BCUT2D eigenvalue weighted by atomic mass is 35.5. The minimum Gasteiger partial charge on any atom is -0.389 e. The van der Waals surface area contributed by atoms with Crippen LogP contribution in [-0.2, 0) is 4.79 Å². The Kier molecular flexibility index (Phi) is 5.57. The Balaban J connectivity index is 2.81. The number of amides is 1. The van der Waals surface area contributed by atoms with Crippen LogP contribution in [0.2, 0.25) is 5.02 Å². The Morgan fingerprint density at radius 1 is 1.58 bits per heavy atom. The molecular formula is C13H18ClN3OS. The van der Waals surface area contributed by atoms with Crippen LogP contribution in [0.4, 0.5) is 5.69 Å². The van der Waals surface area contributed by atoms with Gasteiger partial charge < -0.3 is 16.0 Å². The predicted molar refractivity (Wildman–Crippen MR) is 83.7 cm³/mol. The number of nitrogens with one attached hydrogen (secondary N) is 1. The zero-order valence-electron chi connectivity index (χ0n) is 11.2. The van der Waals surface area contributed by atoms with Crippen LogP contribution in [0.5, 0.6) is 0 Å². The molecule has 0 bridgehead atoms. The third-order valence-corrected chi connectivity index (χ3v) is 3.37. The molecule has 0 aromatic heterocycles. The van der Waals surface area contributed by atoms with Crippen LogP contribution in [0.25, 0.3) is 0 Å². The number of hydrogen-bond acceptors (Lipinski definition) is 3. The van der Waals surface area contributed by atoms with Crippen molar-refractivity contribution in [3.05, 3.63) is 28.8 Å². The second kappa shape index (κ2) is 6.73. The highest BCUT2D eigenvalue weighted by molar-refractivity contribution is 7.80. The first-order valence-corrected chi connectivity index (χ1v) is 6.76. The van der Waals surface area contributed by atoms with Gasteiger partial charge in [0.05, 0.1) is 5.02 Å². The van der Waals surface area contributed by atoms with Gasteiger partial charge in [0.1, 0.15) is 11.0 Å². The largest absolute Gasteiger partial charge is 0.389 e. The van der Waals surface area contributed by atoms with E-state index < -0.39 is 0 Å². The zero-order valence-corrected chi connectivity index (χ0v) is 12.8. The lowest BCUT2D eigenvalue weighted by atomic mass is 10.2. The number of benzene rings is 1. The average molecular weight is 300 g/mol. The molecule has 6 heteroatoms. The van der Waals surface area contributed by atoms with Gasteiger partial charge in [-0.2, -0.15) is 0 Å². The molecule has 0 heterocycles. The molecule has 104 valence electrons. The standard InChI is InChI=1S/C13H18ClN3OS/c1-4-17(3)13(18)8(2)16-9-5-6-10(12(15)19)11(14)7-9/h5-8,16H,4H2,1-3H3,(H2,15,19). The molecule has 1 aromatic rings. The van der Waals surface area contributed by atoms with Gasteiger partial charge in [-0.3, -0.25) is 4.79 Å².